The zero-order chi connectivity index (χ0) is 17.7. The maximum absolute atomic E-state index is 13.1. The Labute approximate surface area is 136 Å². The topological polar surface area (TPSA) is 38.3 Å². The van der Waals surface area contributed by atoms with Gasteiger partial charge in [-0.2, -0.15) is 13.2 Å². The Bertz CT molecular complexity index is 712. The Morgan fingerprint density at radius 1 is 1.12 bits per heavy atom. The molecule has 0 saturated carbocycles. The van der Waals surface area contributed by atoms with Crippen LogP contribution in [0.25, 0.3) is 11.1 Å². The minimum Gasteiger partial charge on any atom is -0.493 e. The van der Waals surface area contributed by atoms with Crippen LogP contribution < -0.4 is 10.1 Å². The molecule has 0 unspecified atom stereocenters. The maximum atomic E-state index is 13.1. The fraction of sp³-hybridized carbons (Fsp3) is 0.235. The lowest BCUT2D eigenvalue weighted by molar-refractivity contribution is -0.167. The van der Waals surface area contributed by atoms with Crippen LogP contribution in [0.2, 0.25) is 0 Å². The van der Waals surface area contributed by atoms with E-state index < -0.39 is 17.9 Å². The van der Waals surface area contributed by atoms with Crippen molar-refractivity contribution in [1.82, 2.24) is 0 Å². The predicted molar refractivity (Wildman–Crippen MR) is 82.3 cm³/mol. The number of rotatable bonds is 5. The van der Waals surface area contributed by atoms with Crippen LogP contribution in [0.1, 0.15) is 13.3 Å². The molecule has 3 nitrogen and oxygen atoms in total. The van der Waals surface area contributed by atoms with Crippen LogP contribution in [-0.2, 0) is 4.79 Å². The predicted octanol–water partition coefficient (Wildman–Crippen LogP) is 4.78. The zero-order valence-electron chi connectivity index (χ0n) is 12.8. The van der Waals surface area contributed by atoms with Gasteiger partial charge >= 0.3 is 12.1 Å². The van der Waals surface area contributed by atoms with E-state index in [4.69, 9.17) is 4.74 Å². The maximum Gasteiger partial charge on any atom is 0.471 e. The van der Waals surface area contributed by atoms with Gasteiger partial charge in [0.25, 0.3) is 0 Å². The molecular weight excluding hydrogens is 326 g/mol. The molecule has 2 rings (SSSR count). The first-order valence-electron chi connectivity index (χ1n) is 7.22. The zero-order valence-corrected chi connectivity index (χ0v) is 12.8. The van der Waals surface area contributed by atoms with Crippen molar-refractivity contribution in [3.05, 3.63) is 48.3 Å². The molecule has 0 aliphatic heterocycles. The van der Waals surface area contributed by atoms with Gasteiger partial charge in [0.1, 0.15) is 11.6 Å². The fourth-order valence-electron chi connectivity index (χ4n) is 2.00. The summed E-state index contributed by atoms with van der Waals surface area (Å²) in [6, 6.07) is 9.60. The molecule has 128 valence electrons. The van der Waals surface area contributed by atoms with E-state index in [9.17, 15) is 22.4 Å². The molecule has 1 amide bonds. The number of hydrogen-bond acceptors (Lipinski definition) is 2. The lowest BCUT2D eigenvalue weighted by atomic mass is 10.0. The normalized spacial score (nSPS) is 11.2. The molecule has 0 saturated heterocycles. The molecule has 7 heteroatoms. The Hall–Kier alpha value is -2.57. The largest absolute Gasteiger partial charge is 0.493 e. The molecule has 0 atom stereocenters. The standard InChI is InChI=1S/C17H15F4NO2/c1-2-9-24-15-8-7-13(22-16(23)17(19,20)21)10-14(15)11-3-5-12(18)6-4-11/h3-8,10H,2,9H2,1H3,(H,22,23). The lowest BCUT2D eigenvalue weighted by Gasteiger charge is -2.14. The minimum atomic E-state index is -4.98. The van der Waals surface area contributed by atoms with E-state index in [-0.39, 0.29) is 5.69 Å². The van der Waals surface area contributed by atoms with Gasteiger partial charge in [-0.3, -0.25) is 4.79 Å². The van der Waals surface area contributed by atoms with E-state index in [1.165, 1.54) is 42.5 Å². The third-order valence-corrected chi connectivity index (χ3v) is 3.11. The van der Waals surface area contributed by atoms with Gasteiger partial charge in [-0.05, 0) is 42.3 Å². The Balaban J connectivity index is 2.38. The van der Waals surface area contributed by atoms with E-state index in [0.717, 1.165) is 6.42 Å². The fourth-order valence-corrected chi connectivity index (χ4v) is 2.00. The van der Waals surface area contributed by atoms with Gasteiger partial charge in [-0.1, -0.05) is 19.1 Å². The van der Waals surface area contributed by atoms with E-state index >= 15 is 0 Å². The third-order valence-electron chi connectivity index (χ3n) is 3.11. The summed E-state index contributed by atoms with van der Waals surface area (Å²) in [6.07, 6.45) is -4.23. The number of carbonyl (C=O) groups excluding carboxylic acids is 1. The second kappa shape index (κ2) is 7.33. The first kappa shape index (κ1) is 17.8. The van der Waals surface area contributed by atoms with Crippen molar-refractivity contribution in [3.8, 4) is 16.9 Å². The van der Waals surface area contributed by atoms with Crippen molar-refractivity contribution < 1.29 is 27.1 Å². The van der Waals surface area contributed by atoms with Gasteiger partial charge in [-0.15, -0.1) is 0 Å². The molecule has 0 aliphatic carbocycles. The van der Waals surface area contributed by atoms with Gasteiger partial charge in [0, 0.05) is 11.3 Å². The molecule has 0 fully saturated rings. The monoisotopic (exact) mass is 341 g/mol. The summed E-state index contributed by atoms with van der Waals surface area (Å²) in [5.41, 5.74) is 0.995. The van der Waals surface area contributed by atoms with Crippen LogP contribution >= 0.6 is 0 Å². The highest BCUT2D eigenvalue weighted by molar-refractivity contribution is 5.95. The van der Waals surface area contributed by atoms with Crippen LogP contribution in [0.3, 0.4) is 0 Å². The number of nitrogens with one attached hydrogen (secondary N) is 1. The highest BCUT2D eigenvalue weighted by atomic mass is 19.4. The third kappa shape index (κ3) is 4.47. The Morgan fingerprint density at radius 3 is 2.38 bits per heavy atom. The minimum absolute atomic E-state index is 0.0273. The first-order valence-corrected chi connectivity index (χ1v) is 7.22. The quantitative estimate of drug-likeness (QED) is 0.795. The van der Waals surface area contributed by atoms with Crippen molar-refractivity contribution in [3.63, 3.8) is 0 Å². The van der Waals surface area contributed by atoms with Gasteiger partial charge in [0.2, 0.25) is 0 Å². The highest BCUT2D eigenvalue weighted by Gasteiger charge is 2.38. The second-order valence-electron chi connectivity index (χ2n) is 5.02. The van der Waals surface area contributed by atoms with Crippen molar-refractivity contribution in [2.45, 2.75) is 19.5 Å². The number of benzene rings is 2. The average Bonchev–Trinajstić information content (AvgIpc) is 2.53. The first-order chi connectivity index (χ1) is 11.3. The highest BCUT2D eigenvalue weighted by Crippen LogP contribution is 2.33. The van der Waals surface area contributed by atoms with Gasteiger partial charge in [0.05, 0.1) is 6.61 Å². The summed E-state index contributed by atoms with van der Waals surface area (Å²) in [7, 11) is 0. The smallest absolute Gasteiger partial charge is 0.471 e. The molecule has 0 aliphatic rings. The SMILES string of the molecule is CCCOc1ccc(NC(=O)C(F)(F)F)cc1-c1ccc(F)cc1. The molecule has 24 heavy (non-hydrogen) atoms. The van der Waals surface area contributed by atoms with Crippen molar-refractivity contribution in [2.75, 3.05) is 11.9 Å². The molecule has 0 aromatic heterocycles. The van der Waals surface area contributed by atoms with Crippen LogP contribution in [-0.4, -0.2) is 18.7 Å². The van der Waals surface area contributed by atoms with E-state index in [0.29, 0.717) is 23.5 Å². The number of anilines is 1. The van der Waals surface area contributed by atoms with Crippen LogP contribution in [0.4, 0.5) is 23.2 Å². The van der Waals surface area contributed by atoms with Crippen LogP contribution in [0.15, 0.2) is 42.5 Å². The van der Waals surface area contributed by atoms with E-state index in [1.807, 2.05) is 6.92 Å². The van der Waals surface area contributed by atoms with Crippen LogP contribution in [0, 0.1) is 5.82 Å². The summed E-state index contributed by atoms with van der Waals surface area (Å²) in [6.45, 7) is 2.33. The van der Waals surface area contributed by atoms with Crippen molar-refractivity contribution >= 4 is 11.6 Å². The number of ether oxygens (including phenoxy) is 1. The molecule has 2 aromatic carbocycles. The van der Waals surface area contributed by atoms with Crippen molar-refractivity contribution in [1.29, 1.82) is 0 Å². The Morgan fingerprint density at radius 2 is 1.79 bits per heavy atom. The van der Waals surface area contributed by atoms with Gasteiger partial charge in [0.15, 0.2) is 0 Å². The van der Waals surface area contributed by atoms with Gasteiger partial charge in [-0.25, -0.2) is 4.39 Å². The van der Waals surface area contributed by atoms with E-state index in [1.54, 1.807) is 5.32 Å². The molecule has 1 N–H and O–H groups in total. The summed E-state index contributed by atoms with van der Waals surface area (Å²) in [5.74, 6) is -2.06. The number of alkyl halides is 3. The number of carbonyl (C=O) groups is 1. The molecule has 0 bridgehead atoms. The lowest BCUT2D eigenvalue weighted by Crippen LogP contribution is -2.29. The summed E-state index contributed by atoms with van der Waals surface area (Å²) in [4.78, 5) is 11.1. The second-order valence-corrected chi connectivity index (χ2v) is 5.02. The number of halogens is 4. The Kier molecular flexibility index (Phi) is 5.43. The summed E-state index contributed by atoms with van der Waals surface area (Å²) < 4.78 is 55.8. The van der Waals surface area contributed by atoms with Crippen molar-refractivity contribution in [2.24, 2.45) is 0 Å². The molecule has 0 radical (unpaired) electrons. The average molecular weight is 341 g/mol. The van der Waals surface area contributed by atoms with E-state index in [2.05, 4.69) is 0 Å². The van der Waals surface area contributed by atoms with Crippen LogP contribution in [0.5, 0.6) is 5.75 Å². The molecule has 2 aromatic rings. The summed E-state index contributed by atoms with van der Waals surface area (Å²) >= 11 is 0. The molecule has 0 spiro atoms. The summed E-state index contributed by atoms with van der Waals surface area (Å²) in [5, 5.41) is 1.79. The molecular formula is C17H15F4NO2. The number of amides is 1. The molecule has 0 heterocycles. The number of hydrogen-bond donors (Lipinski definition) is 1. The van der Waals surface area contributed by atoms with Gasteiger partial charge < -0.3 is 10.1 Å².